The van der Waals surface area contributed by atoms with E-state index in [1.165, 1.54) is 0 Å². The van der Waals surface area contributed by atoms with Gasteiger partial charge in [0.1, 0.15) is 0 Å². The maximum atomic E-state index is 4.87. The maximum Gasteiger partial charge on any atom is 0.179 e. The third-order valence-corrected chi connectivity index (χ3v) is 0. The molecule has 0 atom stereocenters. The Morgan fingerprint density at radius 2 is 1.00 bits per heavy atom. The van der Waals surface area contributed by atoms with E-state index in [1.807, 2.05) is 0 Å². The summed E-state index contributed by atoms with van der Waals surface area (Å²) in [5.74, 6) is -1.20. The van der Waals surface area contributed by atoms with Crippen LogP contribution in [0.5, 0.6) is 0 Å². The molecular weight excluding hydrogens is 345 g/mol. The van der Waals surface area contributed by atoms with Crippen LogP contribution in [0.1, 0.15) is 0 Å². The third kappa shape index (κ3) is 22.5. The van der Waals surface area contributed by atoms with Crippen LogP contribution in [0.3, 0.4) is 0 Å². The van der Waals surface area contributed by atoms with Crippen molar-refractivity contribution in [1.29, 1.82) is 0 Å². The molecule has 0 aromatic heterocycles. The van der Waals surface area contributed by atoms with Crippen LogP contribution in [0.4, 0.5) is 0 Å². The zero-order chi connectivity index (χ0) is 3.58. The van der Waals surface area contributed by atoms with Crippen LogP contribution in [0, 0.1) is 0 Å². The fourth-order valence-electron chi connectivity index (χ4n) is 0. The van der Waals surface area contributed by atoms with Crippen LogP contribution >= 0.6 is 39.7 Å². The Kier molecular flexibility index (Phi) is 12.8. The standard InChI is InChI=1S/Cl3P.Pb/c1-4(2)3;. The van der Waals surface area contributed by atoms with Gasteiger partial charge in [0, 0.05) is 27.3 Å². The molecule has 0 aliphatic heterocycles. The van der Waals surface area contributed by atoms with Crippen molar-refractivity contribution in [3.05, 3.63) is 0 Å². The van der Waals surface area contributed by atoms with Crippen molar-refractivity contribution in [1.82, 2.24) is 0 Å². The number of halogens is 3. The summed E-state index contributed by atoms with van der Waals surface area (Å²) < 4.78 is 0. The molecule has 0 saturated heterocycles. The number of hydrogen-bond donors (Lipinski definition) is 0. The van der Waals surface area contributed by atoms with Gasteiger partial charge in [-0.05, 0) is 0 Å². The van der Waals surface area contributed by atoms with Crippen LogP contribution in [-0.4, -0.2) is 27.3 Å². The molecule has 0 unspecified atom stereocenters. The van der Waals surface area contributed by atoms with Gasteiger partial charge in [-0.3, -0.25) is 0 Å². The van der Waals surface area contributed by atoms with E-state index >= 15 is 0 Å². The first-order valence-electron chi connectivity index (χ1n) is 0.507. The fraction of sp³-hybridized carbons (Fsp3) is 0. The Bertz CT molecular complexity index is 11.6. The molecule has 0 N–H and O–H groups in total. The molecule has 0 heterocycles. The minimum atomic E-state index is -1.20. The average Bonchev–Trinajstić information content (AvgIpc) is 0.811. The van der Waals surface area contributed by atoms with E-state index in [4.69, 9.17) is 33.7 Å². The number of rotatable bonds is 0. The Balaban J connectivity index is 0. The quantitative estimate of drug-likeness (QED) is 0.468. The van der Waals surface area contributed by atoms with Gasteiger partial charge >= 0.3 is 0 Å². The van der Waals surface area contributed by atoms with Crippen LogP contribution in [-0.2, 0) is 0 Å². The van der Waals surface area contributed by atoms with Crippen molar-refractivity contribution in [3.63, 3.8) is 0 Å². The molecule has 0 bridgehead atoms. The summed E-state index contributed by atoms with van der Waals surface area (Å²) in [6.45, 7) is 0. The summed E-state index contributed by atoms with van der Waals surface area (Å²) in [5.41, 5.74) is 0. The molecule has 30 valence electrons. The first-order valence-corrected chi connectivity index (χ1v) is 4.56. The summed E-state index contributed by atoms with van der Waals surface area (Å²) in [4.78, 5) is 0. The minimum Gasteiger partial charge on any atom is -0.0596 e. The van der Waals surface area contributed by atoms with Gasteiger partial charge in [0.25, 0.3) is 0 Å². The van der Waals surface area contributed by atoms with E-state index < -0.39 is 5.98 Å². The topological polar surface area (TPSA) is 0 Å². The SMILES string of the molecule is ClP(Cl)Cl.[Pb]. The summed E-state index contributed by atoms with van der Waals surface area (Å²) in [6.07, 6.45) is 0. The van der Waals surface area contributed by atoms with Crippen LogP contribution in [0.15, 0.2) is 0 Å². The molecule has 0 aliphatic carbocycles. The second-order valence-electron chi connectivity index (χ2n) is 0.192. The largest absolute Gasteiger partial charge is 0.179 e. The van der Waals surface area contributed by atoms with E-state index in [0.29, 0.717) is 0 Å². The first kappa shape index (κ1) is 10.3. The molecule has 0 aliphatic rings. The van der Waals surface area contributed by atoms with E-state index in [9.17, 15) is 0 Å². The molecular formula is Cl3PPb. The van der Waals surface area contributed by atoms with E-state index in [-0.39, 0.29) is 27.3 Å². The second-order valence-corrected chi connectivity index (χ2v) is 5.17. The molecule has 4 radical (unpaired) electrons. The van der Waals surface area contributed by atoms with Crippen molar-refractivity contribution < 1.29 is 0 Å². The average molecular weight is 345 g/mol. The van der Waals surface area contributed by atoms with Crippen molar-refractivity contribution in [2.45, 2.75) is 0 Å². The number of hydrogen-bond acceptors (Lipinski definition) is 0. The monoisotopic (exact) mass is 344 g/mol. The van der Waals surface area contributed by atoms with E-state index in [1.54, 1.807) is 0 Å². The van der Waals surface area contributed by atoms with Crippen molar-refractivity contribution in [3.8, 4) is 0 Å². The summed E-state index contributed by atoms with van der Waals surface area (Å²) in [5, 5.41) is 0. The Morgan fingerprint density at radius 1 is 1.00 bits per heavy atom. The zero-order valence-corrected chi connectivity index (χ0v) is 9.13. The van der Waals surface area contributed by atoms with Crippen LogP contribution < -0.4 is 0 Å². The smallest absolute Gasteiger partial charge is 0.0596 e. The first-order chi connectivity index (χ1) is 1.73. The predicted molar refractivity (Wildman–Crippen MR) is 30.2 cm³/mol. The molecule has 0 rings (SSSR count). The maximum absolute atomic E-state index is 4.87. The molecule has 0 aromatic carbocycles. The molecule has 5 heavy (non-hydrogen) atoms. The van der Waals surface area contributed by atoms with Crippen LogP contribution in [0.2, 0.25) is 0 Å². The fourth-order valence-corrected chi connectivity index (χ4v) is 0. The Hall–Kier alpha value is 2.22. The molecule has 0 aromatic rings. The van der Waals surface area contributed by atoms with E-state index in [2.05, 4.69) is 0 Å². The van der Waals surface area contributed by atoms with Gasteiger partial charge in [0.15, 0.2) is 5.98 Å². The molecule has 5 heteroatoms. The van der Waals surface area contributed by atoms with Crippen LogP contribution in [0.25, 0.3) is 0 Å². The Labute approximate surface area is 66.4 Å². The van der Waals surface area contributed by atoms with Gasteiger partial charge < -0.3 is 0 Å². The van der Waals surface area contributed by atoms with Crippen molar-refractivity contribution in [2.24, 2.45) is 0 Å². The summed E-state index contributed by atoms with van der Waals surface area (Å²) in [6, 6.07) is 0. The normalized spacial score (nSPS) is 7.20. The second kappa shape index (κ2) is 6.22. The van der Waals surface area contributed by atoms with Gasteiger partial charge in [-0.25, -0.2) is 0 Å². The van der Waals surface area contributed by atoms with Gasteiger partial charge in [-0.2, -0.15) is 0 Å². The van der Waals surface area contributed by atoms with Gasteiger partial charge in [-0.1, -0.05) is 33.7 Å². The van der Waals surface area contributed by atoms with Gasteiger partial charge in [0.2, 0.25) is 0 Å². The Morgan fingerprint density at radius 3 is 1.00 bits per heavy atom. The minimum absolute atomic E-state index is 0. The summed E-state index contributed by atoms with van der Waals surface area (Å²) in [7, 11) is 0. The predicted octanol–water partition coefficient (Wildman–Crippen LogP) is 2.55. The zero-order valence-electron chi connectivity index (χ0n) is 2.08. The summed E-state index contributed by atoms with van der Waals surface area (Å²) >= 11 is 14.6. The van der Waals surface area contributed by atoms with Gasteiger partial charge in [0.05, 0.1) is 0 Å². The van der Waals surface area contributed by atoms with E-state index in [0.717, 1.165) is 0 Å². The molecule has 0 spiro atoms. The third-order valence-electron chi connectivity index (χ3n) is 0. The molecule has 0 fully saturated rings. The van der Waals surface area contributed by atoms with Gasteiger partial charge in [-0.15, -0.1) is 0 Å². The van der Waals surface area contributed by atoms with Crippen molar-refractivity contribution >= 4 is 67.0 Å². The molecule has 0 nitrogen and oxygen atoms in total. The molecule has 0 amide bonds. The molecule has 0 saturated carbocycles. The van der Waals surface area contributed by atoms with Crippen molar-refractivity contribution in [2.75, 3.05) is 0 Å².